The first-order valence-corrected chi connectivity index (χ1v) is 9.48. The lowest BCUT2D eigenvalue weighted by atomic mass is 9.75. The molecule has 0 bridgehead atoms. The van der Waals surface area contributed by atoms with Crippen LogP contribution in [-0.4, -0.2) is 48.6 Å². The van der Waals surface area contributed by atoms with Crippen molar-refractivity contribution in [2.24, 2.45) is 11.3 Å². The van der Waals surface area contributed by atoms with Gasteiger partial charge in [-0.3, -0.25) is 4.90 Å². The highest BCUT2D eigenvalue weighted by Crippen LogP contribution is 2.43. The first kappa shape index (κ1) is 16.9. The molecule has 2 fully saturated rings. The lowest BCUT2D eigenvalue weighted by Crippen LogP contribution is -2.60. The highest BCUT2D eigenvalue weighted by Gasteiger charge is 2.40. The summed E-state index contributed by atoms with van der Waals surface area (Å²) in [4.78, 5) is 5.03. The van der Waals surface area contributed by atoms with Gasteiger partial charge in [0.2, 0.25) is 0 Å². The van der Waals surface area contributed by atoms with Crippen LogP contribution >= 0.6 is 0 Å². The van der Waals surface area contributed by atoms with Crippen molar-refractivity contribution in [3.05, 3.63) is 23.5 Å². The van der Waals surface area contributed by atoms with E-state index in [-0.39, 0.29) is 0 Å². The standard InChI is InChI=1S/C20H35N3/c1-6-20(3,4)16-8-10-19(11-16)23-13-18(14-23)21-17-9-7-15(2)22(5)12-17/h7,9,16,18-19,21H,6,8,10-14H2,1-5H3. The van der Waals surface area contributed by atoms with E-state index < -0.39 is 0 Å². The largest absolute Gasteiger partial charge is 0.382 e. The fourth-order valence-corrected chi connectivity index (χ4v) is 4.33. The van der Waals surface area contributed by atoms with Crippen LogP contribution in [0.25, 0.3) is 0 Å². The second kappa shape index (κ2) is 6.51. The molecule has 2 unspecified atom stereocenters. The minimum Gasteiger partial charge on any atom is -0.382 e. The maximum absolute atomic E-state index is 3.75. The Labute approximate surface area is 142 Å². The zero-order valence-corrected chi connectivity index (χ0v) is 15.7. The summed E-state index contributed by atoms with van der Waals surface area (Å²) in [5, 5.41) is 3.75. The minimum atomic E-state index is 0.527. The summed E-state index contributed by atoms with van der Waals surface area (Å²) in [5.41, 5.74) is 3.25. The van der Waals surface area contributed by atoms with E-state index in [2.05, 4.69) is 62.0 Å². The van der Waals surface area contributed by atoms with Crippen LogP contribution in [0.2, 0.25) is 0 Å². The molecule has 1 aliphatic carbocycles. The van der Waals surface area contributed by atoms with Gasteiger partial charge in [0, 0.05) is 37.6 Å². The van der Waals surface area contributed by atoms with Crippen LogP contribution in [0.1, 0.15) is 53.4 Å². The summed E-state index contributed by atoms with van der Waals surface area (Å²) in [5.74, 6) is 0.923. The lowest BCUT2D eigenvalue weighted by Gasteiger charge is -2.45. The Kier molecular flexibility index (Phi) is 4.78. The number of rotatable bonds is 5. The van der Waals surface area contributed by atoms with Gasteiger partial charge in [-0.25, -0.2) is 0 Å². The zero-order valence-electron chi connectivity index (χ0n) is 15.7. The highest BCUT2D eigenvalue weighted by molar-refractivity contribution is 5.23. The fraction of sp³-hybridized carbons (Fsp3) is 0.800. The van der Waals surface area contributed by atoms with Crippen LogP contribution in [0, 0.1) is 11.3 Å². The molecule has 0 aromatic heterocycles. The summed E-state index contributed by atoms with van der Waals surface area (Å²) in [6.45, 7) is 12.9. The molecule has 3 aliphatic rings. The van der Waals surface area contributed by atoms with Gasteiger partial charge < -0.3 is 10.2 Å². The molecule has 3 rings (SSSR count). The summed E-state index contributed by atoms with van der Waals surface area (Å²) < 4.78 is 0. The molecule has 130 valence electrons. The van der Waals surface area contributed by atoms with Gasteiger partial charge in [-0.2, -0.15) is 0 Å². The molecule has 2 atom stereocenters. The van der Waals surface area contributed by atoms with Crippen molar-refractivity contribution < 1.29 is 0 Å². The molecule has 0 spiro atoms. The number of hydrogen-bond acceptors (Lipinski definition) is 3. The van der Waals surface area contributed by atoms with Gasteiger partial charge in [0.1, 0.15) is 0 Å². The Bertz CT molecular complexity index is 485. The van der Waals surface area contributed by atoms with Gasteiger partial charge in [-0.15, -0.1) is 0 Å². The number of nitrogens with one attached hydrogen (secondary N) is 1. The number of allylic oxidation sites excluding steroid dienone is 3. The molecule has 1 N–H and O–H groups in total. The van der Waals surface area contributed by atoms with E-state index in [0.29, 0.717) is 11.5 Å². The Morgan fingerprint density at radius 3 is 2.61 bits per heavy atom. The van der Waals surface area contributed by atoms with Crippen LogP contribution in [0.4, 0.5) is 0 Å². The first-order chi connectivity index (χ1) is 10.9. The van der Waals surface area contributed by atoms with Crippen LogP contribution in [-0.2, 0) is 0 Å². The van der Waals surface area contributed by atoms with Crippen LogP contribution in [0.15, 0.2) is 23.5 Å². The van der Waals surface area contributed by atoms with Gasteiger partial charge >= 0.3 is 0 Å². The van der Waals surface area contributed by atoms with Crippen LogP contribution in [0.3, 0.4) is 0 Å². The van der Waals surface area contributed by atoms with E-state index in [1.54, 1.807) is 0 Å². The number of hydrogen-bond donors (Lipinski definition) is 1. The third-order valence-corrected chi connectivity index (χ3v) is 6.77. The predicted octanol–water partition coefficient (Wildman–Crippen LogP) is 3.60. The fourth-order valence-electron chi connectivity index (χ4n) is 4.33. The number of nitrogens with zero attached hydrogens (tertiary/aromatic N) is 2. The van der Waals surface area contributed by atoms with E-state index in [1.807, 2.05) is 0 Å². The first-order valence-electron chi connectivity index (χ1n) is 9.48. The molecule has 2 aliphatic heterocycles. The molecule has 3 nitrogen and oxygen atoms in total. The average Bonchev–Trinajstić information content (AvgIpc) is 2.96. The van der Waals surface area contributed by atoms with Gasteiger partial charge in [0.15, 0.2) is 0 Å². The maximum Gasteiger partial charge on any atom is 0.0570 e. The van der Waals surface area contributed by atoms with Gasteiger partial charge in [-0.05, 0) is 49.7 Å². The molecule has 1 saturated heterocycles. The summed E-state index contributed by atoms with van der Waals surface area (Å²) in [6, 6.07) is 1.49. The molecule has 3 heteroatoms. The Balaban J connectivity index is 1.44. The molecule has 0 aromatic rings. The maximum atomic E-state index is 3.75. The number of likely N-dealkylation sites (N-methyl/N-ethyl adjacent to an activating group) is 1. The van der Waals surface area contributed by atoms with Crippen molar-refractivity contribution in [1.29, 1.82) is 0 Å². The van der Waals surface area contributed by atoms with Gasteiger partial charge in [0.05, 0.1) is 12.6 Å². The molecule has 2 heterocycles. The van der Waals surface area contributed by atoms with E-state index in [1.165, 1.54) is 50.2 Å². The topological polar surface area (TPSA) is 18.5 Å². The predicted molar refractivity (Wildman–Crippen MR) is 98.2 cm³/mol. The molecule has 1 saturated carbocycles. The average molecular weight is 318 g/mol. The smallest absolute Gasteiger partial charge is 0.0570 e. The lowest BCUT2D eigenvalue weighted by molar-refractivity contribution is 0.0746. The molecule has 0 amide bonds. The van der Waals surface area contributed by atoms with Crippen LogP contribution in [0.5, 0.6) is 0 Å². The molecule has 0 radical (unpaired) electrons. The van der Waals surface area contributed by atoms with Crippen LogP contribution < -0.4 is 5.32 Å². The second-order valence-electron chi connectivity index (χ2n) is 8.66. The van der Waals surface area contributed by atoms with E-state index >= 15 is 0 Å². The minimum absolute atomic E-state index is 0.527. The Morgan fingerprint density at radius 2 is 1.96 bits per heavy atom. The van der Waals surface area contributed by atoms with E-state index in [9.17, 15) is 0 Å². The second-order valence-corrected chi connectivity index (χ2v) is 8.66. The Hall–Kier alpha value is -0.960. The van der Waals surface area contributed by atoms with Crippen molar-refractivity contribution in [3.63, 3.8) is 0 Å². The monoisotopic (exact) mass is 317 g/mol. The van der Waals surface area contributed by atoms with Gasteiger partial charge in [-0.1, -0.05) is 27.2 Å². The molecule has 23 heavy (non-hydrogen) atoms. The molecular weight excluding hydrogens is 282 g/mol. The quantitative estimate of drug-likeness (QED) is 0.836. The van der Waals surface area contributed by atoms with E-state index in [0.717, 1.165) is 18.5 Å². The SMILES string of the molecule is CCC(C)(C)C1CCC(N2CC(NC3=CC=C(C)N(C)C3)C2)C1. The van der Waals surface area contributed by atoms with Crippen molar-refractivity contribution >= 4 is 0 Å². The normalized spacial score (nSPS) is 30.0. The third kappa shape index (κ3) is 3.60. The Morgan fingerprint density at radius 1 is 1.22 bits per heavy atom. The van der Waals surface area contributed by atoms with Crippen molar-refractivity contribution in [2.45, 2.75) is 65.5 Å². The van der Waals surface area contributed by atoms with E-state index in [4.69, 9.17) is 0 Å². The highest BCUT2D eigenvalue weighted by atomic mass is 15.3. The summed E-state index contributed by atoms with van der Waals surface area (Å²) >= 11 is 0. The van der Waals surface area contributed by atoms with Crippen molar-refractivity contribution in [2.75, 3.05) is 26.7 Å². The number of likely N-dealkylation sites (tertiary alicyclic amines) is 1. The van der Waals surface area contributed by atoms with Gasteiger partial charge in [0.25, 0.3) is 0 Å². The zero-order chi connectivity index (χ0) is 16.6. The van der Waals surface area contributed by atoms with Crippen molar-refractivity contribution in [1.82, 2.24) is 15.1 Å². The summed E-state index contributed by atoms with van der Waals surface area (Å²) in [7, 11) is 2.17. The molecular formula is C20H35N3. The molecule has 0 aromatic carbocycles. The third-order valence-electron chi connectivity index (χ3n) is 6.77. The van der Waals surface area contributed by atoms with Crippen molar-refractivity contribution in [3.8, 4) is 0 Å². The summed E-state index contributed by atoms with van der Waals surface area (Å²) in [6.07, 6.45) is 10.0.